The van der Waals surface area contributed by atoms with E-state index in [0.717, 1.165) is 34.6 Å². The van der Waals surface area contributed by atoms with Crippen LogP contribution in [0.3, 0.4) is 0 Å². The second-order valence-electron chi connectivity index (χ2n) is 5.05. The van der Waals surface area contributed by atoms with E-state index in [1.165, 1.54) is 0 Å². The summed E-state index contributed by atoms with van der Waals surface area (Å²) in [5, 5.41) is 0.777. The molecule has 2 aromatic carbocycles. The third-order valence-corrected chi connectivity index (χ3v) is 4.03. The van der Waals surface area contributed by atoms with Gasteiger partial charge in [0.1, 0.15) is 0 Å². The molecule has 0 saturated heterocycles. The molecular formula is C17H20ClN. The van der Waals surface area contributed by atoms with Crippen LogP contribution < -0.4 is 5.73 Å². The van der Waals surface area contributed by atoms with Crippen molar-refractivity contribution in [1.29, 1.82) is 0 Å². The zero-order valence-electron chi connectivity index (χ0n) is 11.5. The molecule has 1 nitrogen and oxygen atoms in total. The lowest BCUT2D eigenvalue weighted by Crippen LogP contribution is -2.37. The lowest BCUT2D eigenvalue weighted by molar-refractivity contribution is 0.485. The molecular weight excluding hydrogens is 254 g/mol. The van der Waals surface area contributed by atoms with Crippen molar-refractivity contribution in [2.75, 3.05) is 0 Å². The van der Waals surface area contributed by atoms with Gasteiger partial charge in [-0.3, -0.25) is 0 Å². The van der Waals surface area contributed by atoms with Crippen molar-refractivity contribution in [3.63, 3.8) is 0 Å². The van der Waals surface area contributed by atoms with Gasteiger partial charge in [0.15, 0.2) is 0 Å². The lowest BCUT2D eigenvalue weighted by atomic mass is 9.80. The Kier molecular flexibility index (Phi) is 4.28. The fraction of sp³-hybridized carbons (Fsp3) is 0.294. The highest BCUT2D eigenvalue weighted by Gasteiger charge is 2.28. The van der Waals surface area contributed by atoms with Gasteiger partial charge < -0.3 is 5.73 Å². The Hall–Kier alpha value is -1.31. The predicted octanol–water partition coefficient (Wildman–Crippen LogP) is 4.65. The molecule has 2 N–H and O–H groups in total. The standard InChI is InChI=1S/C17H20ClN/c1-3-11-17(19,14-7-5-4-6-8-14)15-10-9-13(2)16(18)12-15/h4-10,12H,3,11,19H2,1-2H3. The van der Waals surface area contributed by atoms with Crippen LogP contribution in [-0.2, 0) is 5.54 Å². The van der Waals surface area contributed by atoms with Gasteiger partial charge >= 0.3 is 0 Å². The van der Waals surface area contributed by atoms with Crippen LogP contribution in [0, 0.1) is 6.92 Å². The van der Waals surface area contributed by atoms with Crippen molar-refractivity contribution >= 4 is 11.6 Å². The van der Waals surface area contributed by atoms with Crippen LogP contribution in [0.25, 0.3) is 0 Å². The van der Waals surface area contributed by atoms with Gasteiger partial charge in [-0.15, -0.1) is 0 Å². The predicted molar refractivity (Wildman–Crippen MR) is 82.5 cm³/mol. The van der Waals surface area contributed by atoms with Crippen LogP contribution in [0.4, 0.5) is 0 Å². The maximum Gasteiger partial charge on any atom is 0.0666 e. The Morgan fingerprint density at radius 3 is 2.32 bits per heavy atom. The third kappa shape index (κ3) is 2.83. The second-order valence-corrected chi connectivity index (χ2v) is 5.46. The van der Waals surface area contributed by atoms with Crippen molar-refractivity contribution < 1.29 is 0 Å². The second kappa shape index (κ2) is 5.77. The number of hydrogen-bond donors (Lipinski definition) is 1. The number of nitrogens with two attached hydrogens (primary N) is 1. The summed E-state index contributed by atoms with van der Waals surface area (Å²) in [6.07, 6.45) is 1.92. The maximum atomic E-state index is 6.71. The zero-order valence-corrected chi connectivity index (χ0v) is 12.2. The van der Waals surface area contributed by atoms with Crippen molar-refractivity contribution in [3.05, 3.63) is 70.2 Å². The van der Waals surface area contributed by atoms with Gasteiger partial charge in [0, 0.05) is 5.02 Å². The van der Waals surface area contributed by atoms with E-state index in [0.29, 0.717) is 0 Å². The molecule has 0 aromatic heterocycles. The summed E-state index contributed by atoms with van der Waals surface area (Å²) in [6, 6.07) is 16.4. The molecule has 2 heteroatoms. The smallest absolute Gasteiger partial charge is 0.0666 e. The van der Waals surface area contributed by atoms with E-state index < -0.39 is 5.54 Å². The number of benzene rings is 2. The molecule has 0 fully saturated rings. The fourth-order valence-corrected chi connectivity index (χ4v) is 2.64. The highest BCUT2D eigenvalue weighted by molar-refractivity contribution is 6.31. The molecule has 0 spiro atoms. The van der Waals surface area contributed by atoms with Gasteiger partial charge in [0.25, 0.3) is 0 Å². The summed E-state index contributed by atoms with van der Waals surface area (Å²) >= 11 is 6.25. The average Bonchev–Trinajstić information content (AvgIpc) is 2.43. The maximum absolute atomic E-state index is 6.71. The summed E-state index contributed by atoms with van der Waals surface area (Å²) in [5.41, 5.74) is 9.54. The van der Waals surface area contributed by atoms with Crippen molar-refractivity contribution in [2.45, 2.75) is 32.2 Å². The van der Waals surface area contributed by atoms with E-state index in [4.69, 9.17) is 17.3 Å². The number of rotatable bonds is 4. The Bertz CT molecular complexity index is 550. The van der Waals surface area contributed by atoms with E-state index in [-0.39, 0.29) is 0 Å². The molecule has 19 heavy (non-hydrogen) atoms. The molecule has 0 aliphatic heterocycles. The SMILES string of the molecule is CCCC(N)(c1ccccc1)c1ccc(C)c(Cl)c1. The molecule has 0 bridgehead atoms. The summed E-state index contributed by atoms with van der Waals surface area (Å²) < 4.78 is 0. The van der Waals surface area contributed by atoms with E-state index in [9.17, 15) is 0 Å². The zero-order chi connectivity index (χ0) is 13.9. The summed E-state index contributed by atoms with van der Waals surface area (Å²) in [7, 11) is 0. The molecule has 2 rings (SSSR count). The van der Waals surface area contributed by atoms with Crippen LogP contribution in [0.15, 0.2) is 48.5 Å². The minimum absolute atomic E-state index is 0.465. The summed E-state index contributed by atoms with van der Waals surface area (Å²) in [6.45, 7) is 4.16. The molecule has 0 amide bonds. The van der Waals surface area contributed by atoms with E-state index in [1.54, 1.807) is 0 Å². The van der Waals surface area contributed by atoms with E-state index >= 15 is 0 Å². The highest BCUT2D eigenvalue weighted by Crippen LogP contribution is 2.33. The first-order chi connectivity index (χ1) is 9.08. The van der Waals surface area contributed by atoms with Gasteiger partial charge in [0.2, 0.25) is 0 Å². The molecule has 0 heterocycles. The van der Waals surface area contributed by atoms with Crippen LogP contribution in [0.5, 0.6) is 0 Å². The molecule has 0 aliphatic carbocycles. The molecule has 0 aliphatic rings. The fourth-order valence-electron chi connectivity index (χ4n) is 2.46. The summed E-state index contributed by atoms with van der Waals surface area (Å²) in [4.78, 5) is 0. The normalized spacial score (nSPS) is 14.1. The van der Waals surface area contributed by atoms with Gasteiger partial charge in [-0.25, -0.2) is 0 Å². The van der Waals surface area contributed by atoms with E-state index in [2.05, 4.69) is 25.1 Å². The first kappa shape index (κ1) is 14.1. The van der Waals surface area contributed by atoms with Gasteiger partial charge in [-0.05, 0) is 36.1 Å². The molecule has 0 saturated carbocycles. The molecule has 1 unspecified atom stereocenters. The highest BCUT2D eigenvalue weighted by atomic mass is 35.5. The molecule has 100 valence electrons. The lowest BCUT2D eigenvalue weighted by Gasteiger charge is -2.31. The average molecular weight is 274 g/mol. The topological polar surface area (TPSA) is 26.0 Å². The minimum Gasteiger partial charge on any atom is -0.318 e. The van der Waals surface area contributed by atoms with Crippen molar-refractivity contribution in [1.82, 2.24) is 0 Å². The van der Waals surface area contributed by atoms with Crippen molar-refractivity contribution in [2.24, 2.45) is 5.73 Å². The number of halogens is 1. The van der Waals surface area contributed by atoms with Crippen LogP contribution >= 0.6 is 11.6 Å². The third-order valence-electron chi connectivity index (χ3n) is 3.62. The van der Waals surface area contributed by atoms with Crippen molar-refractivity contribution in [3.8, 4) is 0 Å². The first-order valence-electron chi connectivity index (χ1n) is 6.69. The number of hydrogen-bond acceptors (Lipinski definition) is 1. The molecule has 0 radical (unpaired) electrons. The quantitative estimate of drug-likeness (QED) is 0.862. The van der Waals surface area contributed by atoms with E-state index in [1.807, 2.05) is 37.3 Å². The van der Waals surface area contributed by atoms with Crippen LogP contribution in [0.2, 0.25) is 5.02 Å². The first-order valence-corrected chi connectivity index (χ1v) is 7.06. The minimum atomic E-state index is -0.465. The van der Waals surface area contributed by atoms with Gasteiger partial charge in [-0.1, -0.05) is 67.4 Å². The Morgan fingerprint density at radius 1 is 1.05 bits per heavy atom. The monoisotopic (exact) mass is 273 g/mol. The molecule has 2 aromatic rings. The molecule has 1 atom stereocenters. The van der Waals surface area contributed by atoms with Crippen LogP contribution in [0.1, 0.15) is 36.5 Å². The Balaban J connectivity index is 2.52. The Morgan fingerprint density at radius 2 is 1.74 bits per heavy atom. The summed E-state index contributed by atoms with van der Waals surface area (Å²) in [5.74, 6) is 0. The van der Waals surface area contributed by atoms with Gasteiger partial charge in [-0.2, -0.15) is 0 Å². The largest absolute Gasteiger partial charge is 0.318 e. The number of aryl methyl sites for hydroxylation is 1. The van der Waals surface area contributed by atoms with Gasteiger partial charge in [0.05, 0.1) is 5.54 Å². The van der Waals surface area contributed by atoms with Crippen LogP contribution in [-0.4, -0.2) is 0 Å². The Labute approximate surface area is 120 Å².